The molecule has 0 aliphatic heterocycles. The van der Waals surface area contributed by atoms with Gasteiger partial charge in [-0.05, 0) is 79.5 Å². The Kier molecular flexibility index (Phi) is 3.17. The summed E-state index contributed by atoms with van der Waals surface area (Å²) < 4.78 is 0. The minimum absolute atomic E-state index is 0.0187. The number of halogens is 1. The van der Waals surface area contributed by atoms with Crippen LogP contribution in [-0.4, -0.2) is 0 Å². The van der Waals surface area contributed by atoms with Crippen LogP contribution in [0.4, 0.5) is 0 Å². The van der Waals surface area contributed by atoms with Crippen LogP contribution in [0, 0.1) is 0 Å². The Morgan fingerprint density at radius 2 is 1.21 bits per heavy atom. The standard InChI is InChI=1S/C28H23Cl/c1-27(2)22-12-10-17(29)13-19(22)20-14-25-21(15-24(20)27)26-18-8-6-5-7-16(18)9-11-23(26)28(25,3)4/h5-15H,1-4H3. The first-order valence-electron chi connectivity index (χ1n) is 10.3. The number of fused-ring (bicyclic) bond motifs is 8. The molecule has 0 saturated carbocycles. The third-order valence-corrected chi connectivity index (χ3v) is 7.56. The van der Waals surface area contributed by atoms with Crippen LogP contribution >= 0.6 is 11.6 Å². The topological polar surface area (TPSA) is 0 Å². The van der Waals surface area contributed by atoms with Gasteiger partial charge in [-0.15, -0.1) is 0 Å². The maximum absolute atomic E-state index is 6.39. The first-order chi connectivity index (χ1) is 13.8. The normalized spacial score (nSPS) is 17.0. The van der Waals surface area contributed by atoms with Gasteiger partial charge < -0.3 is 0 Å². The molecule has 0 amide bonds. The Hall–Kier alpha value is -2.57. The van der Waals surface area contributed by atoms with E-state index in [4.69, 9.17) is 11.6 Å². The van der Waals surface area contributed by atoms with Crippen LogP contribution in [0.5, 0.6) is 0 Å². The van der Waals surface area contributed by atoms with Crippen molar-refractivity contribution in [2.45, 2.75) is 38.5 Å². The molecule has 2 aliphatic rings. The number of benzene rings is 4. The molecular formula is C28H23Cl. The van der Waals surface area contributed by atoms with Gasteiger partial charge in [-0.1, -0.05) is 81.8 Å². The van der Waals surface area contributed by atoms with E-state index >= 15 is 0 Å². The molecule has 0 aromatic heterocycles. The van der Waals surface area contributed by atoms with E-state index in [9.17, 15) is 0 Å². The molecule has 4 aromatic carbocycles. The molecule has 0 heterocycles. The van der Waals surface area contributed by atoms with Crippen LogP contribution in [0.2, 0.25) is 5.02 Å². The fourth-order valence-corrected chi connectivity index (χ4v) is 5.89. The van der Waals surface area contributed by atoms with Crippen molar-refractivity contribution >= 4 is 22.4 Å². The third-order valence-electron chi connectivity index (χ3n) is 7.32. The molecule has 6 rings (SSSR count). The molecule has 1 heteroatoms. The van der Waals surface area contributed by atoms with Gasteiger partial charge in [-0.2, -0.15) is 0 Å². The van der Waals surface area contributed by atoms with Gasteiger partial charge in [0, 0.05) is 15.9 Å². The molecule has 2 aliphatic carbocycles. The van der Waals surface area contributed by atoms with Crippen molar-refractivity contribution in [3.8, 4) is 22.3 Å². The average Bonchev–Trinajstić information content (AvgIpc) is 3.06. The lowest BCUT2D eigenvalue weighted by atomic mass is 9.79. The molecular weight excluding hydrogens is 372 g/mol. The fraction of sp³-hybridized carbons (Fsp3) is 0.214. The van der Waals surface area contributed by atoms with E-state index in [2.05, 4.69) is 88.4 Å². The van der Waals surface area contributed by atoms with Crippen molar-refractivity contribution in [2.75, 3.05) is 0 Å². The minimum atomic E-state index is -0.0260. The summed E-state index contributed by atoms with van der Waals surface area (Å²) in [5.74, 6) is 0. The second-order valence-electron chi connectivity index (χ2n) is 9.59. The highest BCUT2D eigenvalue weighted by Crippen LogP contribution is 2.57. The van der Waals surface area contributed by atoms with Crippen LogP contribution < -0.4 is 0 Å². The highest BCUT2D eigenvalue weighted by atomic mass is 35.5. The van der Waals surface area contributed by atoms with Crippen molar-refractivity contribution in [3.63, 3.8) is 0 Å². The Morgan fingerprint density at radius 1 is 0.586 bits per heavy atom. The highest BCUT2D eigenvalue weighted by Gasteiger charge is 2.42. The Morgan fingerprint density at radius 3 is 2.03 bits per heavy atom. The lowest BCUT2D eigenvalue weighted by Crippen LogP contribution is -2.16. The van der Waals surface area contributed by atoms with Gasteiger partial charge in [-0.3, -0.25) is 0 Å². The van der Waals surface area contributed by atoms with E-state index in [1.54, 1.807) is 0 Å². The van der Waals surface area contributed by atoms with Crippen molar-refractivity contribution in [2.24, 2.45) is 0 Å². The van der Waals surface area contributed by atoms with Gasteiger partial charge in [0.1, 0.15) is 0 Å². The zero-order valence-electron chi connectivity index (χ0n) is 17.2. The molecule has 0 unspecified atom stereocenters. The van der Waals surface area contributed by atoms with Crippen LogP contribution in [0.25, 0.3) is 33.0 Å². The molecule has 0 N–H and O–H groups in total. The second-order valence-corrected chi connectivity index (χ2v) is 10.0. The molecule has 0 atom stereocenters. The number of hydrogen-bond donors (Lipinski definition) is 0. The zero-order chi connectivity index (χ0) is 20.1. The van der Waals surface area contributed by atoms with Crippen molar-refractivity contribution in [1.82, 2.24) is 0 Å². The van der Waals surface area contributed by atoms with Gasteiger partial charge in [0.05, 0.1) is 0 Å². The molecule has 0 fully saturated rings. The summed E-state index contributed by atoms with van der Waals surface area (Å²) in [6.45, 7) is 9.39. The lowest BCUT2D eigenvalue weighted by Gasteiger charge is -2.24. The van der Waals surface area contributed by atoms with Crippen LogP contribution in [0.1, 0.15) is 49.9 Å². The van der Waals surface area contributed by atoms with Gasteiger partial charge in [0.2, 0.25) is 0 Å². The summed E-state index contributed by atoms with van der Waals surface area (Å²) in [6.07, 6.45) is 0. The monoisotopic (exact) mass is 394 g/mol. The smallest absolute Gasteiger partial charge is 0.0412 e. The first-order valence-corrected chi connectivity index (χ1v) is 10.7. The van der Waals surface area contributed by atoms with Gasteiger partial charge in [0.15, 0.2) is 0 Å². The maximum Gasteiger partial charge on any atom is 0.0412 e. The Labute approximate surface area is 177 Å². The van der Waals surface area contributed by atoms with E-state index < -0.39 is 0 Å². The molecule has 0 saturated heterocycles. The molecule has 0 spiro atoms. The average molecular weight is 395 g/mol. The van der Waals surface area contributed by atoms with Gasteiger partial charge >= 0.3 is 0 Å². The van der Waals surface area contributed by atoms with E-state index in [0.717, 1.165) is 5.02 Å². The lowest BCUT2D eigenvalue weighted by molar-refractivity contribution is 0.652. The van der Waals surface area contributed by atoms with Crippen LogP contribution in [0.3, 0.4) is 0 Å². The van der Waals surface area contributed by atoms with Crippen LogP contribution in [-0.2, 0) is 10.8 Å². The third kappa shape index (κ3) is 2.05. The first kappa shape index (κ1) is 17.3. The maximum atomic E-state index is 6.39. The molecule has 142 valence electrons. The summed E-state index contributed by atoms with van der Waals surface area (Å²) in [6, 6.07) is 24.7. The van der Waals surface area contributed by atoms with E-state index in [-0.39, 0.29) is 10.8 Å². The Bertz CT molecular complexity index is 1350. The summed E-state index contributed by atoms with van der Waals surface area (Å²) in [7, 11) is 0. The summed E-state index contributed by atoms with van der Waals surface area (Å²) in [4.78, 5) is 0. The molecule has 29 heavy (non-hydrogen) atoms. The second kappa shape index (κ2) is 5.32. The van der Waals surface area contributed by atoms with E-state index in [1.807, 2.05) is 6.07 Å². The molecule has 0 nitrogen and oxygen atoms in total. The van der Waals surface area contributed by atoms with Gasteiger partial charge in [-0.25, -0.2) is 0 Å². The minimum Gasteiger partial charge on any atom is -0.0843 e. The molecule has 4 aromatic rings. The summed E-state index contributed by atoms with van der Waals surface area (Å²) in [5, 5.41) is 3.47. The predicted molar refractivity (Wildman–Crippen MR) is 124 cm³/mol. The van der Waals surface area contributed by atoms with E-state index in [1.165, 1.54) is 55.3 Å². The SMILES string of the molecule is CC1(C)c2ccc(Cl)cc2-c2cc3c(cc21)-c1c(ccc2ccccc12)C3(C)C. The van der Waals surface area contributed by atoms with Crippen molar-refractivity contribution < 1.29 is 0 Å². The van der Waals surface area contributed by atoms with Gasteiger partial charge in [0.25, 0.3) is 0 Å². The van der Waals surface area contributed by atoms with Crippen molar-refractivity contribution in [3.05, 3.63) is 94.0 Å². The molecule has 0 radical (unpaired) electrons. The molecule has 0 bridgehead atoms. The summed E-state index contributed by atoms with van der Waals surface area (Å²) in [5.41, 5.74) is 11.0. The Balaban J connectivity index is 1.73. The van der Waals surface area contributed by atoms with Crippen LogP contribution in [0.15, 0.2) is 66.7 Å². The predicted octanol–water partition coefficient (Wildman–Crippen LogP) is 8.11. The largest absolute Gasteiger partial charge is 0.0843 e. The number of hydrogen-bond acceptors (Lipinski definition) is 0. The quantitative estimate of drug-likeness (QED) is 0.282. The summed E-state index contributed by atoms with van der Waals surface area (Å²) >= 11 is 6.39. The number of rotatable bonds is 0. The fourth-order valence-electron chi connectivity index (χ4n) is 5.72. The van der Waals surface area contributed by atoms with Crippen molar-refractivity contribution in [1.29, 1.82) is 0 Å². The zero-order valence-corrected chi connectivity index (χ0v) is 18.0. The highest BCUT2D eigenvalue weighted by molar-refractivity contribution is 6.31. The van der Waals surface area contributed by atoms with E-state index in [0.29, 0.717) is 0 Å².